The molecule has 0 spiro atoms. The summed E-state index contributed by atoms with van der Waals surface area (Å²) in [6.07, 6.45) is 0. The third kappa shape index (κ3) is 3.56. The van der Waals surface area contributed by atoms with Crippen LogP contribution in [0.2, 0.25) is 0 Å². The molecule has 8 heteroatoms. The summed E-state index contributed by atoms with van der Waals surface area (Å²) in [7, 11) is 0. The van der Waals surface area contributed by atoms with Gasteiger partial charge in [0.25, 0.3) is 5.89 Å². The van der Waals surface area contributed by atoms with Gasteiger partial charge in [0.15, 0.2) is 12.3 Å². The number of carbonyl (C=O) groups is 1. The van der Waals surface area contributed by atoms with Gasteiger partial charge in [0.1, 0.15) is 5.01 Å². The maximum absolute atomic E-state index is 12.1. The number of benzene rings is 1. The highest BCUT2D eigenvalue weighted by Gasteiger charge is 2.16. The first-order valence-corrected chi connectivity index (χ1v) is 9.56. The van der Waals surface area contributed by atoms with Gasteiger partial charge in [-0.2, -0.15) is 16.3 Å². The molecule has 130 valence electrons. The van der Waals surface area contributed by atoms with Crippen LogP contribution in [0.4, 0.5) is 0 Å². The fourth-order valence-corrected chi connectivity index (χ4v) is 3.72. The minimum absolute atomic E-state index is 0.0942. The van der Waals surface area contributed by atoms with Gasteiger partial charge in [-0.15, -0.1) is 11.3 Å². The van der Waals surface area contributed by atoms with Gasteiger partial charge in [-0.3, -0.25) is 0 Å². The molecule has 4 rings (SSSR count). The van der Waals surface area contributed by atoms with Gasteiger partial charge in [0.05, 0.1) is 0 Å². The van der Waals surface area contributed by atoms with Crippen molar-refractivity contribution in [3.05, 3.63) is 63.6 Å². The van der Waals surface area contributed by atoms with E-state index in [1.165, 1.54) is 11.3 Å². The molecule has 0 saturated carbocycles. The summed E-state index contributed by atoms with van der Waals surface area (Å²) < 4.78 is 10.4. The van der Waals surface area contributed by atoms with Gasteiger partial charge in [-0.05, 0) is 18.4 Å². The fourth-order valence-electron chi connectivity index (χ4n) is 2.22. The number of thiazole rings is 1. The first-order valence-electron chi connectivity index (χ1n) is 7.74. The summed E-state index contributed by atoms with van der Waals surface area (Å²) in [4.78, 5) is 20.7. The zero-order chi connectivity index (χ0) is 17.9. The summed E-state index contributed by atoms with van der Waals surface area (Å²) >= 11 is 2.99. The molecule has 0 radical (unpaired) electrons. The van der Waals surface area contributed by atoms with Crippen LogP contribution in [0.15, 0.2) is 51.0 Å². The smallest absolute Gasteiger partial charge is 0.358 e. The Morgan fingerprint density at radius 1 is 1.12 bits per heavy atom. The molecule has 0 bridgehead atoms. The third-order valence-corrected chi connectivity index (χ3v) is 5.16. The Labute approximate surface area is 157 Å². The van der Waals surface area contributed by atoms with Crippen molar-refractivity contribution in [2.45, 2.75) is 13.5 Å². The largest absolute Gasteiger partial charge is 0.451 e. The molecule has 1 aromatic carbocycles. The summed E-state index contributed by atoms with van der Waals surface area (Å²) in [6.45, 7) is 1.91. The molecular formula is C18H13N3O3S2. The average molecular weight is 383 g/mol. The molecule has 26 heavy (non-hydrogen) atoms. The fraction of sp³-hybridized carbons (Fsp3) is 0.111. The topological polar surface area (TPSA) is 78.1 Å². The van der Waals surface area contributed by atoms with Crippen molar-refractivity contribution in [2.24, 2.45) is 0 Å². The summed E-state index contributed by atoms with van der Waals surface area (Å²) in [5.74, 6) is 0.185. The number of thiophene rings is 1. The number of esters is 1. The molecule has 4 aromatic rings. The number of carbonyl (C=O) groups excluding carboxylic acids is 1. The van der Waals surface area contributed by atoms with E-state index in [4.69, 9.17) is 9.26 Å². The lowest BCUT2D eigenvalue weighted by molar-refractivity contribution is 0.0424. The number of aromatic nitrogens is 3. The molecule has 0 saturated heterocycles. The van der Waals surface area contributed by atoms with Crippen LogP contribution in [0.25, 0.3) is 22.0 Å². The minimum Gasteiger partial charge on any atom is -0.451 e. The molecule has 3 aromatic heterocycles. The number of rotatable bonds is 5. The van der Waals surface area contributed by atoms with Crippen molar-refractivity contribution in [2.75, 3.05) is 0 Å². The Kier molecular flexibility index (Phi) is 4.59. The van der Waals surface area contributed by atoms with E-state index in [0.717, 1.165) is 21.7 Å². The van der Waals surface area contributed by atoms with Crippen LogP contribution in [-0.2, 0) is 11.3 Å². The Morgan fingerprint density at radius 2 is 1.96 bits per heavy atom. The average Bonchev–Trinajstić information content (AvgIpc) is 3.41. The van der Waals surface area contributed by atoms with E-state index in [-0.39, 0.29) is 18.2 Å². The maximum atomic E-state index is 12.1. The molecule has 0 fully saturated rings. The molecule has 0 unspecified atom stereocenters. The van der Waals surface area contributed by atoms with Crippen LogP contribution in [0, 0.1) is 6.92 Å². The highest BCUT2D eigenvalue weighted by Crippen LogP contribution is 2.26. The summed E-state index contributed by atoms with van der Waals surface area (Å²) in [5, 5.41) is 10.3. The third-order valence-electron chi connectivity index (χ3n) is 3.59. The Morgan fingerprint density at radius 3 is 2.73 bits per heavy atom. The lowest BCUT2D eigenvalue weighted by Crippen LogP contribution is -2.05. The van der Waals surface area contributed by atoms with Crippen LogP contribution in [0.3, 0.4) is 0 Å². The Bertz CT molecular complexity index is 1020. The first-order chi connectivity index (χ1) is 12.7. The molecule has 6 nitrogen and oxygen atoms in total. The monoisotopic (exact) mass is 383 g/mol. The standard InChI is InChI=1S/C18H13N3O3S2/c1-11-2-4-12(5-3-11)16-20-15(24-21-16)8-23-18(22)14-10-26-17(19-14)13-6-7-25-9-13/h2-7,9-10H,8H2,1H3. The molecular weight excluding hydrogens is 370 g/mol. The first kappa shape index (κ1) is 16.6. The van der Waals surface area contributed by atoms with Gasteiger partial charge < -0.3 is 9.26 Å². The SMILES string of the molecule is Cc1ccc(-c2noc(COC(=O)c3csc(-c4ccsc4)n3)n2)cc1. The van der Waals surface area contributed by atoms with E-state index in [2.05, 4.69) is 15.1 Å². The van der Waals surface area contributed by atoms with Crippen molar-refractivity contribution in [3.63, 3.8) is 0 Å². The van der Waals surface area contributed by atoms with Crippen LogP contribution in [0.1, 0.15) is 21.9 Å². The number of hydrogen-bond acceptors (Lipinski definition) is 8. The molecule has 0 aliphatic carbocycles. The van der Waals surface area contributed by atoms with Gasteiger partial charge in [-0.25, -0.2) is 9.78 Å². The normalized spacial score (nSPS) is 10.8. The van der Waals surface area contributed by atoms with Crippen LogP contribution in [-0.4, -0.2) is 21.1 Å². The second-order valence-electron chi connectivity index (χ2n) is 5.50. The van der Waals surface area contributed by atoms with Crippen molar-refractivity contribution in [3.8, 4) is 22.0 Å². The van der Waals surface area contributed by atoms with Crippen molar-refractivity contribution in [1.29, 1.82) is 0 Å². The van der Waals surface area contributed by atoms with Crippen LogP contribution >= 0.6 is 22.7 Å². The van der Waals surface area contributed by atoms with Crippen LogP contribution in [0.5, 0.6) is 0 Å². The zero-order valence-electron chi connectivity index (χ0n) is 13.7. The summed E-state index contributed by atoms with van der Waals surface area (Å²) in [5.41, 5.74) is 3.27. The van der Waals surface area contributed by atoms with E-state index >= 15 is 0 Å². The van der Waals surface area contributed by atoms with Crippen molar-refractivity contribution in [1.82, 2.24) is 15.1 Å². The lowest BCUT2D eigenvalue weighted by Gasteiger charge is -1.98. The minimum atomic E-state index is -0.516. The quantitative estimate of drug-likeness (QED) is 0.469. The van der Waals surface area contributed by atoms with Crippen molar-refractivity contribution < 1.29 is 14.1 Å². The maximum Gasteiger partial charge on any atom is 0.358 e. The van der Waals surface area contributed by atoms with Gasteiger partial charge in [0, 0.05) is 21.9 Å². The highest BCUT2D eigenvalue weighted by molar-refractivity contribution is 7.14. The Balaban J connectivity index is 1.40. The Hall–Kier alpha value is -2.84. The van der Waals surface area contributed by atoms with E-state index in [1.807, 2.05) is 48.0 Å². The van der Waals surface area contributed by atoms with Crippen molar-refractivity contribution >= 4 is 28.6 Å². The molecule has 0 aliphatic rings. The number of aryl methyl sites for hydroxylation is 1. The molecule has 0 atom stereocenters. The zero-order valence-corrected chi connectivity index (χ0v) is 15.3. The van der Waals surface area contributed by atoms with E-state index in [1.54, 1.807) is 16.7 Å². The van der Waals surface area contributed by atoms with E-state index in [0.29, 0.717) is 5.82 Å². The molecule has 3 heterocycles. The highest BCUT2D eigenvalue weighted by atomic mass is 32.1. The number of ether oxygens (including phenoxy) is 1. The molecule has 0 amide bonds. The lowest BCUT2D eigenvalue weighted by atomic mass is 10.1. The van der Waals surface area contributed by atoms with Crippen LogP contribution < -0.4 is 0 Å². The van der Waals surface area contributed by atoms with E-state index < -0.39 is 5.97 Å². The van der Waals surface area contributed by atoms with Gasteiger partial charge >= 0.3 is 5.97 Å². The molecule has 0 N–H and O–H groups in total. The molecule has 0 aliphatic heterocycles. The summed E-state index contributed by atoms with van der Waals surface area (Å²) in [6, 6.07) is 9.73. The second kappa shape index (κ2) is 7.19. The number of nitrogens with zero attached hydrogens (tertiary/aromatic N) is 3. The van der Waals surface area contributed by atoms with Gasteiger partial charge in [0.2, 0.25) is 5.82 Å². The van der Waals surface area contributed by atoms with Gasteiger partial charge in [-0.1, -0.05) is 35.0 Å². The second-order valence-corrected chi connectivity index (χ2v) is 7.14. The van der Waals surface area contributed by atoms with E-state index in [9.17, 15) is 4.79 Å². The predicted octanol–water partition coefficient (Wildman–Crippen LogP) is 4.59. The number of hydrogen-bond donors (Lipinski definition) is 0. The predicted molar refractivity (Wildman–Crippen MR) is 99.0 cm³/mol.